The smallest absolute Gasteiger partial charge is 0.337 e. The monoisotopic (exact) mass is 690 g/mol. The van der Waals surface area contributed by atoms with E-state index >= 15 is 0 Å². The summed E-state index contributed by atoms with van der Waals surface area (Å²) in [7, 11) is 2.59. The number of carboxylic acids is 1. The highest BCUT2D eigenvalue weighted by molar-refractivity contribution is 5.80. The van der Waals surface area contributed by atoms with E-state index in [-0.39, 0.29) is 45.6 Å². The lowest BCUT2D eigenvalue weighted by Gasteiger charge is -2.71. The van der Waals surface area contributed by atoms with Crippen LogP contribution in [0.2, 0.25) is 0 Å². The first kappa shape index (κ1) is 36.7. The van der Waals surface area contributed by atoms with Gasteiger partial charge in [-0.15, -0.1) is 0 Å². The topological polar surface area (TPSA) is 169 Å². The first-order valence-corrected chi connectivity index (χ1v) is 18.2. The third kappa shape index (κ3) is 5.02. The van der Waals surface area contributed by atoms with E-state index < -0.39 is 53.5 Å². The van der Waals surface area contributed by atoms with Crippen LogP contribution in [0.1, 0.15) is 106 Å². The molecular weight excluding hydrogens is 632 g/mol. The highest BCUT2D eigenvalue weighted by Gasteiger charge is 2.70. The second kappa shape index (κ2) is 12.0. The molecule has 0 aromatic rings. The fourth-order valence-corrected chi connectivity index (χ4v) is 12.5. The standard InChI is InChI=1S/C38H58O11/c1-33(2)22-11-14-37(6)23(35(22,4)13-12-24(33)48-30-27(41)25(39)26(40)28(49-30)29(42)46-7)10-9-20-21-19-34(3,32(45)47-8)15-17-38(21,31(43)44)18-16-36(20,37)5/h9,21-28,30,39-41H,10-19H2,1-8H3,(H,43,44)/t21-,22-,23+,24-,25-,26-,27+,28-,30+,34+,35-,36+,37+,38-/m0/s1. The molecule has 0 amide bonds. The van der Waals surface area contributed by atoms with Crippen molar-refractivity contribution in [2.24, 2.45) is 50.2 Å². The molecule has 5 fully saturated rings. The van der Waals surface area contributed by atoms with Crippen LogP contribution in [0.3, 0.4) is 0 Å². The Hall–Kier alpha value is -2.05. The van der Waals surface area contributed by atoms with Crippen molar-refractivity contribution in [2.45, 2.75) is 143 Å². The van der Waals surface area contributed by atoms with E-state index in [9.17, 15) is 34.8 Å². The molecule has 6 aliphatic rings. The van der Waals surface area contributed by atoms with Crippen LogP contribution in [0, 0.1) is 50.2 Å². The molecular formula is C38H58O11. The van der Waals surface area contributed by atoms with Gasteiger partial charge in [-0.1, -0.05) is 46.3 Å². The zero-order chi connectivity index (χ0) is 36.1. The van der Waals surface area contributed by atoms with Crippen LogP contribution in [-0.2, 0) is 33.3 Å². The predicted molar refractivity (Wildman–Crippen MR) is 177 cm³/mol. The second-order valence-corrected chi connectivity index (χ2v) is 18.0. The van der Waals surface area contributed by atoms with Crippen molar-refractivity contribution in [3.05, 3.63) is 11.6 Å². The molecule has 276 valence electrons. The number of rotatable bonds is 5. The summed E-state index contributed by atoms with van der Waals surface area (Å²) in [6, 6.07) is 0. The summed E-state index contributed by atoms with van der Waals surface area (Å²) in [6.07, 6.45) is 1.55. The molecule has 0 spiro atoms. The quantitative estimate of drug-likeness (QED) is 0.183. The summed E-state index contributed by atoms with van der Waals surface area (Å²) in [5, 5.41) is 42.5. The normalized spacial score (nSPS) is 50.3. The fraction of sp³-hybridized carbons (Fsp3) is 0.868. The molecule has 0 aromatic carbocycles. The number of aliphatic hydroxyl groups excluding tert-OH is 3. The summed E-state index contributed by atoms with van der Waals surface area (Å²) in [5.41, 5.74) is -1.10. The SMILES string of the molecule is COC(=O)[C@H]1O[C@@H](O[C@H]2CC[C@]3(C)[C@H]4CC=C5[C@@H]6C[C@](C)(C(=O)OC)CC[C@]6(C(=O)O)CC[C@@]5(C)[C@]4(C)CC[C@H]3C2(C)C)[C@H](O)[C@@H](O)[C@@H]1O. The van der Waals surface area contributed by atoms with E-state index in [4.69, 9.17) is 18.9 Å². The van der Waals surface area contributed by atoms with Crippen LogP contribution in [0.4, 0.5) is 0 Å². The van der Waals surface area contributed by atoms with Crippen LogP contribution in [0.25, 0.3) is 0 Å². The number of esters is 2. The Morgan fingerprint density at radius 1 is 0.816 bits per heavy atom. The Kier molecular flexibility index (Phi) is 9.00. The molecule has 0 radical (unpaired) electrons. The predicted octanol–water partition coefficient (Wildman–Crippen LogP) is 4.39. The Bertz CT molecular complexity index is 1390. The van der Waals surface area contributed by atoms with Crippen molar-refractivity contribution >= 4 is 17.9 Å². The number of hydrogen-bond acceptors (Lipinski definition) is 10. The third-order valence-corrected chi connectivity index (χ3v) is 15.8. The van der Waals surface area contributed by atoms with Crippen LogP contribution >= 0.6 is 0 Å². The van der Waals surface area contributed by atoms with Gasteiger partial charge in [0.25, 0.3) is 0 Å². The Morgan fingerprint density at radius 2 is 1.49 bits per heavy atom. The summed E-state index contributed by atoms with van der Waals surface area (Å²) in [6.45, 7) is 13.6. The minimum atomic E-state index is -1.64. The third-order valence-electron chi connectivity index (χ3n) is 15.8. The van der Waals surface area contributed by atoms with E-state index in [2.05, 4.69) is 40.7 Å². The van der Waals surface area contributed by atoms with Crippen molar-refractivity contribution < 1.29 is 53.8 Å². The number of hydrogen-bond donors (Lipinski definition) is 4. The number of aliphatic hydroxyl groups is 3. The molecule has 0 bridgehead atoms. The molecule has 11 heteroatoms. The van der Waals surface area contributed by atoms with Gasteiger partial charge in [0.15, 0.2) is 12.4 Å². The van der Waals surface area contributed by atoms with E-state index in [1.54, 1.807) is 0 Å². The molecule has 14 atom stereocenters. The molecule has 0 unspecified atom stereocenters. The van der Waals surface area contributed by atoms with Gasteiger partial charge in [0.1, 0.15) is 18.3 Å². The molecule has 49 heavy (non-hydrogen) atoms. The Balaban J connectivity index is 1.29. The molecule has 11 nitrogen and oxygen atoms in total. The van der Waals surface area contributed by atoms with E-state index in [0.717, 1.165) is 32.1 Å². The molecule has 0 aromatic heterocycles. The zero-order valence-corrected chi connectivity index (χ0v) is 30.5. The molecule has 1 heterocycles. The van der Waals surface area contributed by atoms with Gasteiger partial charge in [0, 0.05) is 0 Å². The van der Waals surface area contributed by atoms with E-state index in [1.807, 2.05) is 6.92 Å². The average Bonchev–Trinajstić information content (AvgIpc) is 3.05. The van der Waals surface area contributed by atoms with Gasteiger partial charge in [-0.05, 0) is 111 Å². The number of methoxy groups -OCH3 is 2. The first-order chi connectivity index (χ1) is 22.8. The van der Waals surface area contributed by atoms with E-state index in [0.29, 0.717) is 38.0 Å². The first-order valence-electron chi connectivity index (χ1n) is 18.2. The number of fused-ring (bicyclic) bond motifs is 7. The lowest BCUT2D eigenvalue weighted by Crippen LogP contribution is -2.66. The lowest BCUT2D eigenvalue weighted by atomic mass is 9.33. The maximum absolute atomic E-state index is 13.1. The van der Waals surface area contributed by atoms with Crippen LogP contribution < -0.4 is 0 Å². The Labute approximate surface area is 290 Å². The van der Waals surface area contributed by atoms with E-state index in [1.165, 1.54) is 19.8 Å². The van der Waals surface area contributed by atoms with Crippen LogP contribution in [0.15, 0.2) is 11.6 Å². The molecule has 5 aliphatic carbocycles. The number of aliphatic carboxylic acids is 1. The van der Waals surface area contributed by atoms with Gasteiger partial charge in [0.2, 0.25) is 0 Å². The van der Waals surface area contributed by atoms with Crippen molar-refractivity contribution in [1.82, 2.24) is 0 Å². The second-order valence-electron chi connectivity index (χ2n) is 18.0. The number of ether oxygens (including phenoxy) is 4. The largest absolute Gasteiger partial charge is 0.481 e. The van der Waals surface area contributed by atoms with Crippen molar-refractivity contribution in [2.75, 3.05) is 14.2 Å². The summed E-state index contributed by atoms with van der Waals surface area (Å²) >= 11 is 0. The molecule has 4 N–H and O–H groups in total. The van der Waals surface area contributed by atoms with Crippen molar-refractivity contribution in [3.8, 4) is 0 Å². The average molecular weight is 691 g/mol. The number of allylic oxidation sites excluding steroid dienone is 2. The molecule has 4 saturated carbocycles. The van der Waals surface area contributed by atoms with Gasteiger partial charge >= 0.3 is 17.9 Å². The number of carbonyl (C=O) groups excluding carboxylic acids is 2. The highest BCUT2D eigenvalue weighted by atomic mass is 16.7. The Morgan fingerprint density at radius 3 is 2.12 bits per heavy atom. The maximum Gasteiger partial charge on any atom is 0.337 e. The maximum atomic E-state index is 13.1. The zero-order valence-electron chi connectivity index (χ0n) is 30.5. The molecule has 1 aliphatic heterocycles. The van der Waals surface area contributed by atoms with Crippen molar-refractivity contribution in [1.29, 1.82) is 0 Å². The van der Waals surface area contributed by atoms with Gasteiger partial charge in [0.05, 0.1) is 31.2 Å². The fourth-order valence-electron chi connectivity index (χ4n) is 12.5. The number of carboxylic acid groups (broad SMARTS) is 1. The van der Waals surface area contributed by atoms with Crippen LogP contribution in [-0.4, -0.2) is 89.4 Å². The minimum Gasteiger partial charge on any atom is -0.481 e. The molecule has 1 saturated heterocycles. The highest BCUT2D eigenvalue weighted by Crippen LogP contribution is 2.76. The summed E-state index contributed by atoms with van der Waals surface area (Å²) in [4.78, 5) is 38.4. The van der Waals surface area contributed by atoms with Gasteiger partial charge in [-0.3, -0.25) is 9.59 Å². The lowest BCUT2D eigenvalue weighted by molar-refractivity contribution is -0.324. The van der Waals surface area contributed by atoms with Gasteiger partial charge in [-0.25, -0.2) is 4.79 Å². The summed E-state index contributed by atoms with van der Waals surface area (Å²) < 4.78 is 22.2. The van der Waals surface area contributed by atoms with Crippen molar-refractivity contribution in [3.63, 3.8) is 0 Å². The summed E-state index contributed by atoms with van der Waals surface area (Å²) in [5.74, 6) is -1.50. The minimum absolute atomic E-state index is 0.0634. The van der Waals surface area contributed by atoms with Gasteiger partial charge < -0.3 is 39.4 Å². The molecule has 6 rings (SSSR count). The van der Waals surface area contributed by atoms with Crippen LogP contribution in [0.5, 0.6) is 0 Å². The van der Waals surface area contributed by atoms with Gasteiger partial charge in [-0.2, -0.15) is 0 Å². The number of carbonyl (C=O) groups is 3.